The molecular weight excluding hydrogens is 308 g/mol. The molecule has 1 rings (SSSR count). The summed E-state index contributed by atoms with van der Waals surface area (Å²) >= 11 is 0. The normalized spacial score (nSPS) is 12.9. The van der Waals surface area contributed by atoms with Crippen molar-refractivity contribution in [2.75, 3.05) is 34.4 Å². The van der Waals surface area contributed by atoms with Gasteiger partial charge in [-0.15, -0.1) is 0 Å². The highest BCUT2D eigenvalue weighted by atomic mass is 28.4. The van der Waals surface area contributed by atoms with E-state index >= 15 is 0 Å². The minimum absolute atomic E-state index is 0.291. The Hall–Kier alpha value is -1.18. The average molecular weight is 339 g/mol. The molecule has 0 aliphatic heterocycles. The first kappa shape index (κ1) is 19.9. The van der Waals surface area contributed by atoms with E-state index in [-0.39, 0.29) is 0 Å². The quantitative estimate of drug-likeness (QED) is 0.593. The number of benzene rings is 1. The van der Waals surface area contributed by atoms with Crippen LogP contribution < -0.4 is 5.73 Å². The lowest BCUT2D eigenvalue weighted by Crippen LogP contribution is -2.45. The largest absolute Gasteiger partial charge is 0.500 e. The molecule has 5 nitrogen and oxygen atoms in total. The van der Waals surface area contributed by atoms with E-state index in [9.17, 15) is 0 Å². The van der Waals surface area contributed by atoms with E-state index in [1.54, 1.807) is 21.3 Å². The van der Waals surface area contributed by atoms with Crippen LogP contribution in [0, 0.1) is 5.92 Å². The Kier molecular flexibility index (Phi) is 9.12. The first-order valence-corrected chi connectivity index (χ1v) is 9.82. The highest BCUT2D eigenvalue weighted by Crippen LogP contribution is 2.22. The molecule has 1 atom stereocenters. The number of hydrogen-bond acceptors (Lipinski definition) is 5. The van der Waals surface area contributed by atoms with Crippen LogP contribution in [-0.4, -0.2) is 48.1 Å². The zero-order valence-corrected chi connectivity index (χ0v) is 15.5. The van der Waals surface area contributed by atoms with Gasteiger partial charge in [-0.1, -0.05) is 36.9 Å². The zero-order valence-electron chi connectivity index (χ0n) is 14.5. The highest BCUT2D eigenvalue weighted by molar-refractivity contribution is 6.60. The number of nitrogens with zero attached hydrogens (tertiary/aromatic N) is 1. The van der Waals surface area contributed by atoms with E-state index in [0.29, 0.717) is 12.5 Å². The van der Waals surface area contributed by atoms with Crippen LogP contribution in [0.4, 0.5) is 0 Å². The van der Waals surface area contributed by atoms with Gasteiger partial charge in [0.05, 0.1) is 0 Å². The SMILES string of the molecule is C=CN(CC[C@H](CN)C[Si](OC)(OC)OC)Cc1ccccc1. The fourth-order valence-corrected chi connectivity index (χ4v) is 4.64. The lowest BCUT2D eigenvalue weighted by atomic mass is 10.1. The van der Waals surface area contributed by atoms with Gasteiger partial charge in [0.1, 0.15) is 0 Å². The summed E-state index contributed by atoms with van der Waals surface area (Å²) < 4.78 is 16.5. The molecule has 0 radical (unpaired) electrons. The maximum absolute atomic E-state index is 5.94. The lowest BCUT2D eigenvalue weighted by Gasteiger charge is -2.29. The second kappa shape index (κ2) is 10.6. The van der Waals surface area contributed by atoms with Crippen LogP contribution in [0.2, 0.25) is 6.04 Å². The molecule has 0 unspecified atom stereocenters. The fraction of sp³-hybridized carbons (Fsp3) is 0.529. The summed E-state index contributed by atoms with van der Waals surface area (Å²) in [6.07, 6.45) is 2.83. The molecule has 0 spiro atoms. The summed E-state index contributed by atoms with van der Waals surface area (Å²) in [5.41, 5.74) is 7.21. The first-order chi connectivity index (χ1) is 11.1. The third-order valence-electron chi connectivity index (χ3n) is 4.12. The van der Waals surface area contributed by atoms with Crippen molar-refractivity contribution in [3.05, 3.63) is 48.7 Å². The molecule has 0 saturated carbocycles. The van der Waals surface area contributed by atoms with Gasteiger partial charge in [0.2, 0.25) is 0 Å². The topological polar surface area (TPSA) is 57.0 Å². The van der Waals surface area contributed by atoms with Crippen molar-refractivity contribution in [3.63, 3.8) is 0 Å². The third-order valence-corrected chi connectivity index (χ3v) is 7.06. The standard InChI is InChI=1S/C17H30N2O3Si/c1-5-19(14-16-9-7-6-8-10-16)12-11-17(13-18)15-23(20-2,21-3)22-4/h5-10,17H,1,11-15,18H2,2-4H3/t17-/m1/s1. The second-order valence-corrected chi connectivity index (χ2v) is 8.53. The second-order valence-electron chi connectivity index (χ2n) is 5.53. The molecular formula is C17H30N2O3Si. The van der Waals surface area contributed by atoms with Gasteiger partial charge in [-0.3, -0.25) is 0 Å². The van der Waals surface area contributed by atoms with Crippen LogP contribution in [0.1, 0.15) is 12.0 Å². The molecule has 0 bridgehead atoms. The maximum Gasteiger partial charge on any atom is 0.500 e. The van der Waals surface area contributed by atoms with Gasteiger partial charge in [0.15, 0.2) is 0 Å². The van der Waals surface area contributed by atoms with Crippen LogP contribution in [0.25, 0.3) is 0 Å². The Balaban J connectivity index is 2.56. The van der Waals surface area contributed by atoms with Gasteiger partial charge in [-0.05, 0) is 30.6 Å². The number of nitrogens with two attached hydrogens (primary N) is 1. The Morgan fingerprint density at radius 3 is 2.26 bits per heavy atom. The minimum atomic E-state index is -2.58. The molecule has 0 aliphatic rings. The van der Waals surface area contributed by atoms with Gasteiger partial charge < -0.3 is 23.9 Å². The van der Waals surface area contributed by atoms with Crippen LogP contribution in [-0.2, 0) is 19.8 Å². The van der Waals surface area contributed by atoms with Crippen molar-refractivity contribution >= 4 is 8.80 Å². The summed E-state index contributed by atoms with van der Waals surface area (Å²) in [7, 11) is 2.33. The van der Waals surface area contributed by atoms with Crippen molar-refractivity contribution in [1.82, 2.24) is 4.90 Å². The Morgan fingerprint density at radius 1 is 1.17 bits per heavy atom. The van der Waals surface area contributed by atoms with E-state index in [2.05, 4.69) is 35.7 Å². The van der Waals surface area contributed by atoms with Gasteiger partial charge in [0.25, 0.3) is 0 Å². The van der Waals surface area contributed by atoms with E-state index in [1.807, 2.05) is 12.3 Å². The zero-order chi connectivity index (χ0) is 17.1. The molecule has 2 N–H and O–H groups in total. The van der Waals surface area contributed by atoms with Crippen LogP contribution in [0.15, 0.2) is 43.1 Å². The van der Waals surface area contributed by atoms with Crippen LogP contribution >= 0.6 is 0 Å². The third kappa shape index (κ3) is 6.45. The van der Waals surface area contributed by atoms with E-state index in [4.69, 9.17) is 19.0 Å². The summed E-state index contributed by atoms with van der Waals surface area (Å²) in [6.45, 7) is 6.24. The van der Waals surface area contributed by atoms with Gasteiger partial charge in [0, 0.05) is 40.5 Å². The molecule has 0 aliphatic carbocycles. The van der Waals surface area contributed by atoms with E-state index < -0.39 is 8.80 Å². The molecule has 130 valence electrons. The molecule has 0 fully saturated rings. The predicted molar refractivity (Wildman–Crippen MR) is 95.8 cm³/mol. The minimum Gasteiger partial charge on any atom is -0.377 e. The molecule has 6 heteroatoms. The average Bonchev–Trinajstić information content (AvgIpc) is 2.62. The Labute approximate surface area is 141 Å². The monoisotopic (exact) mass is 338 g/mol. The smallest absolute Gasteiger partial charge is 0.377 e. The fourth-order valence-electron chi connectivity index (χ4n) is 2.56. The molecule has 0 heterocycles. The van der Waals surface area contributed by atoms with Gasteiger partial charge in [-0.25, -0.2) is 0 Å². The van der Waals surface area contributed by atoms with E-state index in [1.165, 1.54) is 5.56 Å². The summed E-state index contributed by atoms with van der Waals surface area (Å²) in [6, 6.07) is 11.1. The van der Waals surface area contributed by atoms with Crippen molar-refractivity contribution in [2.24, 2.45) is 11.7 Å². The Bertz CT molecular complexity index is 432. The van der Waals surface area contributed by atoms with E-state index in [0.717, 1.165) is 25.6 Å². The number of hydrogen-bond donors (Lipinski definition) is 1. The molecule has 0 aromatic heterocycles. The molecule has 0 saturated heterocycles. The molecule has 1 aromatic rings. The molecule has 23 heavy (non-hydrogen) atoms. The Morgan fingerprint density at radius 2 is 1.78 bits per heavy atom. The summed E-state index contributed by atoms with van der Waals surface area (Å²) in [5, 5.41) is 0. The van der Waals surface area contributed by atoms with Gasteiger partial charge >= 0.3 is 8.80 Å². The van der Waals surface area contributed by atoms with Crippen LogP contribution in [0.3, 0.4) is 0 Å². The van der Waals surface area contributed by atoms with Gasteiger partial charge in [-0.2, -0.15) is 0 Å². The maximum atomic E-state index is 5.94. The molecule has 0 amide bonds. The predicted octanol–water partition coefficient (Wildman–Crippen LogP) is 2.48. The lowest BCUT2D eigenvalue weighted by molar-refractivity contribution is 0.117. The van der Waals surface area contributed by atoms with Crippen molar-refractivity contribution in [2.45, 2.75) is 19.0 Å². The highest BCUT2D eigenvalue weighted by Gasteiger charge is 2.40. The summed E-state index contributed by atoms with van der Waals surface area (Å²) in [5.74, 6) is 0.291. The van der Waals surface area contributed by atoms with Crippen molar-refractivity contribution < 1.29 is 13.3 Å². The van der Waals surface area contributed by atoms with Crippen LogP contribution in [0.5, 0.6) is 0 Å². The van der Waals surface area contributed by atoms with Crippen molar-refractivity contribution in [3.8, 4) is 0 Å². The van der Waals surface area contributed by atoms with Crippen molar-refractivity contribution in [1.29, 1.82) is 0 Å². The summed E-state index contributed by atoms with van der Waals surface area (Å²) in [4.78, 5) is 2.20. The molecule has 1 aromatic carbocycles. The first-order valence-electron chi connectivity index (χ1n) is 7.89. The number of rotatable bonds is 12.